The molecule has 3 rings (SSSR count). The molecule has 0 saturated carbocycles. The third-order valence-corrected chi connectivity index (χ3v) is 4.26. The van der Waals surface area contributed by atoms with Gasteiger partial charge in [0.1, 0.15) is 6.33 Å². The van der Waals surface area contributed by atoms with Gasteiger partial charge in [-0.2, -0.15) is 0 Å². The average molecular weight is 301 g/mol. The monoisotopic (exact) mass is 301 g/mol. The fourth-order valence-corrected chi connectivity index (χ4v) is 3.20. The first-order chi connectivity index (χ1) is 10.8. The SMILES string of the molecule is CCCN1CCCC(CNC(=O)c2cccn3cnnc23)C1. The molecule has 22 heavy (non-hydrogen) atoms. The van der Waals surface area contributed by atoms with Crippen LogP contribution in [0.15, 0.2) is 24.7 Å². The second kappa shape index (κ2) is 6.87. The maximum Gasteiger partial charge on any atom is 0.255 e. The van der Waals surface area contributed by atoms with E-state index in [9.17, 15) is 4.79 Å². The Morgan fingerprint density at radius 1 is 1.50 bits per heavy atom. The lowest BCUT2D eigenvalue weighted by atomic mass is 9.97. The van der Waals surface area contributed by atoms with Gasteiger partial charge in [-0.1, -0.05) is 6.92 Å². The summed E-state index contributed by atoms with van der Waals surface area (Å²) in [5, 5.41) is 10.9. The van der Waals surface area contributed by atoms with Crippen LogP contribution in [0.25, 0.3) is 5.65 Å². The summed E-state index contributed by atoms with van der Waals surface area (Å²) in [6.07, 6.45) is 7.05. The Bertz CT molecular complexity index is 636. The van der Waals surface area contributed by atoms with Crippen molar-refractivity contribution in [3.63, 3.8) is 0 Å². The van der Waals surface area contributed by atoms with E-state index >= 15 is 0 Å². The van der Waals surface area contributed by atoms with Gasteiger partial charge in [0.05, 0.1) is 5.56 Å². The predicted molar refractivity (Wildman–Crippen MR) is 84.8 cm³/mol. The van der Waals surface area contributed by atoms with Crippen LogP contribution in [0.5, 0.6) is 0 Å². The largest absolute Gasteiger partial charge is 0.352 e. The van der Waals surface area contributed by atoms with E-state index in [1.54, 1.807) is 16.8 Å². The van der Waals surface area contributed by atoms with Crippen molar-refractivity contribution in [2.45, 2.75) is 26.2 Å². The van der Waals surface area contributed by atoms with E-state index in [0.29, 0.717) is 17.1 Å². The number of carbonyl (C=O) groups is 1. The van der Waals surface area contributed by atoms with Crippen molar-refractivity contribution < 1.29 is 4.79 Å². The number of hydrogen-bond donors (Lipinski definition) is 1. The number of amides is 1. The summed E-state index contributed by atoms with van der Waals surface area (Å²) in [6, 6.07) is 3.64. The average Bonchev–Trinajstić information content (AvgIpc) is 3.02. The molecule has 3 heterocycles. The summed E-state index contributed by atoms with van der Waals surface area (Å²) >= 11 is 0. The highest BCUT2D eigenvalue weighted by Crippen LogP contribution is 2.16. The highest BCUT2D eigenvalue weighted by molar-refractivity contribution is 5.99. The Morgan fingerprint density at radius 2 is 2.41 bits per heavy atom. The number of rotatable bonds is 5. The summed E-state index contributed by atoms with van der Waals surface area (Å²) in [4.78, 5) is 14.9. The van der Waals surface area contributed by atoms with Crippen LogP contribution in [0.1, 0.15) is 36.5 Å². The van der Waals surface area contributed by atoms with Crippen LogP contribution in [-0.4, -0.2) is 51.6 Å². The number of carbonyl (C=O) groups excluding carboxylic acids is 1. The van der Waals surface area contributed by atoms with Gasteiger partial charge < -0.3 is 10.2 Å². The zero-order valence-electron chi connectivity index (χ0n) is 13.0. The van der Waals surface area contributed by atoms with Crippen LogP contribution in [-0.2, 0) is 0 Å². The highest BCUT2D eigenvalue weighted by atomic mass is 16.1. The quantitative estimate of drug-likeness (QED) is 0.911. The smallest absolute Gasteiger partial charge is 0.255 e. The number of piperidine rings is 1. The maximum absolute atomic E-state index is 12.4. The zero-order valence-corrected chi connectivity index (χ0v) is 13.0. The van der Waals surface area contributed by atoms with Crippen LogP contribution >= 0.6 is 0 Å². The summed E-state index contributed by atoms with van der Waals surface area (Å²) in [6.45, 7) is 6.38. The minimum atomic E-state index is -0.0637. The van der Waals surface area contributed by atoms with Crippen LogP contribution in [0.3, 0.4) is 0 Å². The number of nitrogens with one attached hydrogen (secondary N) is 1. The van der Waals surface area contributed by atoms with Crippen molar-refractivity contribution in [3.05, 3.63) is 30.2 Å². The van der Waals surface area contributed by atoms with Crippen LogP contribution in [0, 0.1) is 5.92 Å². The summed E-state index contributed by atoms with van der Waals surface area (Å²) in [7, 11) is 0. The van der Waals surface area contributed by atoms with Gasteiger partial charge in [-0.05, 0) is 50.4 Å². The van der Waals surface area contributed by atoms with Gasteiger partial charge in [-0.15, -0.1) is 10.2 Å². The minimum absolute atomic E-state index is 0.0637. The van der Waals surface area contributed by atoms with Crippen molar-refractivity contribution in [2.24, 2.45) is 5.92 Å². The summed E-state index contributed by atoms with van der Waals surface area (Å²) < 4.78 is 1.76. The van der Waals surface area contributed by atoms with Crippen molar-refractivity contribution in [1.82, 2.24) is 24.8 Å². The lowest BCUT2D eigenvalue weighted by Crippen LogP contribution is -2.41. The van der Waals surface area contributed by atoms with Gasteiger partial charge >= 0.3 is 0 Å². The molecule has 0 bridgehead atoms. The van der Waals surface area contributed by atoms with E-state index in [0.717, 1.165) is 19.6 Å². The fourth-order valence-electron chi connectivity index (χ4n) is 3.20. The fraction of sp³-hybridized carbons (Fsp3) is 0.562. The summed E-state index contributed by atoms with van der Waals surface area (Å²) in [5.41, 5.74) is 1.19. The van der Waals surface area contributed by atoms with Gasteiger partial charge in [0.25, 0.3) is 5.91 Å². The molecule has 1 amide bonds. The zero-order chi connectivity index (χ0) is 15.4. The molecule has 0 radical (unpaired) electrons. The standard InChI is InChI=1S/C16H23N5O/c1-2-7-20-8-3-5-13(11-20)10-17-16(22)14-6-4-9-21-12-18-19-15(14)21/h4,6,9,12-13H,2-3,5,7-8,10-11H2,1H3,(H,17,22). The lowest BCUT2D eigenvalue weighted by Gasteiger charge is -2.32. The van der Waals surface area contributed by atoms with Crippen LogP contribution < -0.4 is 5.32 Å². The van der Waals surface area contributed by atoms with Gasteiger partial charge in [0.2, 0.25) is 0 Å². The third kappa shape index (κ3) is 3.27. The molecular formula is C16H23N5O. The number of hydrogen-bond acceptors (Lipinski definition) is 4. The molecule has 1 N–H and O–H groups in total. The second-order valence-electron chi connectivity index (χ2n) is 6.00. The van der Waals surface area contributed by atoms with E-state index < -0.39 is 0 Å². The Morgan fingerprint density at radius 3 is 3.27 bits per heavy atom. The molecule has 2 aromatic rings. The first kappa shape index (κ1) is 15.0. The van der Waals surface area contributed by atoms with Crippen molar-refractivity contribution in [3.8, 4) is 0 Å². The Hall–Kier alpha value is -1.95. The van der Waals surface area contributed by atoms with E-state index in [1.165, 1.54) is 25.8 Å². The molecule has 1 atom stereocenters. The molecule has 6 nitrogen and oxygen atoms in total. The van der Waals surface area contributed by atoms with E-state index in [1.807, 2.05) is 12.3 Å². The first-order valence-electron chi connectivity index (χ1n) is 8.07. The Kier molecular flexibility index (Phi) is 4.68. The topological polar surface area (TPSA) is 62.5 Å². The molecule has 6 heteroatoms. The molecule has 118 valence electrons. The molecule has 1 unspecified atom stereocenters. The first-order valence-corrected chi connectivity index (χ1v) is 8.07. The number of likely N-dealkylation sites (tertiary alicyclic amines) is 1. The van der Waals surface area contributed by atoms with Crippen molar-refractivity contribution >= 4 is 11.6 Å². The number of pyridine rings is 1. The number of aromatic nitrogens is 3. The second-order valence-corrected chi connectivity index (χ2v) is 6.00. The predicted octanol–water partition coefficient (Wildman–Crippen LogP) is 1.58. The molecule has 0 aromatic carbocycles. The van der Waals surface area contributed by atoms with Gasteiger partial charge in [-0.3, -0.25) is 9.20 Å². The molecule has 1 aliphatic rings. The molecule has 1 fully saturated rings. The highest BCUT2D eigenvalue weighted by Gasteiger charge is 2.20. The lowest BCUT2D eigenvalue weighted by molar-refractivity contribution is 0.0933. The van der Waals surface area contributed by atoms with Gasteiger partial charge in [-0.25, -0.2) is 0 Å². The Balaban J connectivity index is 1.59. The maximum atomic E-state index is 12.4. The molecule has 2 aromatic heterocycles. The number of nitrogens with zero attached hydrogens (tertiary/aromatic N) is 4. The molecule has 1 saturated heterocycles. The van der Waals surface area contributed by atoms with E-state index in [-0.39, 0.29) is 5.91 Å². The van der Waals surface area contributed by atoms with Crippen LogP contribution in [0.2, 0.25) is 0 Å². The van der Waals surface area contributed by atoms with Gasteiger partial charge in [0.15, 0.2) is 5.65 Å². The van der Waals surface area contributed by atoms with E-state index in [2.05, 4.69) is 27.3 Å². The number of fused-ring (bicyclic) bond motifs is 1. The van der Waals surface area contributed by atoms with Crippen molar-refractivity contribution in [1.29, 1.82) is 0 Å². The van der Waals surface area contributed by atoms with Gasteiger partial charge in [0, 0.05) is 19.3 Å². The molecular weight excluding hydrogens is 278 g/mol. The molecule has 0 spiro atoms. The molecule has 0 aliphatic carbocycles. The molecule has 1 aliphatic heterocycles. The summed E-state index contributed by atoms with van der Waals surface area (Å²) in [5.74, 6) is 0.480. The normalized spacial score (nSPS) is 19.4. The third-order valence-electron chi connectivity index (χ3n) is 4.26. The van der Waals surface area contributed by atoms with Crippen LogP contribution in [0.4, 0.5) is 0 Å². The Labute approximate surface area is 130 Å². The minimum Gasteiger partial charge on any atom is -0.352 e. The van der Waals surface area contributed by atoms with Crippen molar-refractivity contribution in [2.75, 3.05) is 26.2 Å². The van der Waals surface area contributed by atoms with E-state index in [4.69, 9.17) is 0 Å².